The molecule has 0 aliphatic heterocycles. The smallest absolute Gasteiger partial charge is 0.318 e. The maximum Gasteiger partial charge on any atom is 0.318 e. The Bertz CT molecular complexity index is 968. The minimum atomic E-state index is -0.628. The van der Waals surface area contributed by atoms with E-state index in [0.29, 0.717) is 15.7 Å². The second-order valence-corrected chi connectivity index (χ2v) is 7.25. The summed E-state index contributed by atoms with van der Waals surface area (Å²) in [5, 5.41) is 3.28. The van der Waals surface area contributed by atoms with E-state index < -0.39 is 24.4 Å². The zero-order chi connectivity index (χ0) is 20.8. The summed E-state index contributed by atoms with van der Waals surface area (Å²) in [6.45, 7) is 1.36. The molecule has 0 radical (unpaired) electrons. The molecule has 3 aromatic carbocycles. The first kappa shape index (κ1) is 20.9. The molecule has 29 heavy (non-hydrogen) atoms. The van der Waals surface area contributed by atoms with Crippen LogP contribution >= 0.6 is 23.2 Å². The van der Waals surface area contributed by atoms with E-state index >= 15 is 0 Å². The van der Waals surface area contributed by atoms with Gasteiger partial charge in [0, 0.05) is 0 Å². The SMILES string of the molecule is Cc1ccc(Cl)c(NC(=O)COC(=O)C(c2ccccc2)c2ccccc2)c1Cl. The molecule has 0 saturated carbocycles. The van der Waals surface area contributed by atoms with Gasteiger partial charge in [-0.25, -0.2) is 0 Å². The summed E-state index contributed by atoms with van der Waals surface area (Å²) in [5.41, 5.74) is 2.65. The van der Waals surface area contributed by atoms with E-state index in [0.717, 1.165) is 16.7 Å². The number of halogens is 2. The number of carbonyl (C=O) groups is 2. The van der Waals surface area contributed by atoms with Crippen LogP contribution in [0.4, 0.5) is 5.69 Å². The fraction of sp³-hybridized carbons (Fsp3) is 0.130. The number of amides is 1. The van der Waals surface area contributed by atoms with Crippen LogP contribution in [-0.4, -0.2) is 18.5 Å². The molecule has 0 aromatic heterocycles. The average molecular weight is 428 g/mol. The maximum atomic E-state index is 12.8. The highest BCUT2D eigenvalue weighted by Gasteiger charge is 2.25. The summed E-state index contributed by atoms with van der Waals surface area (Å²) in [7, 11) is 0. The molecule has 148 valence electrons. The van der Waals surface area contributed by atoms with E-state index in [1.165, 1.54) is 0 Å². The summed E-state index contributed by atoms with van der Waals surface area (Å²) in [6, 6.07) is 22.0. The molecule has 4 nitrogen and oxygen atoms in total. The number of benzene rings is 3. The third kappa shape index (κ3) is 5.17. The van der Waals surface area contributed by atoms with E-state index in [-0.39, 0.29) is 0 Å². The van der Waals surface area contributed by atoms with E-state index in [2.05, 4.69) is 5.32 Å². The number of rotatable bonds is 6. The first-order valence-electron chi connectivity index (χ1n) is 8.98. The molecule has 0 unspecified atom stereocenters. The molecule has 0 aliphatic carbocycles. The van der Waals surface area contributed by atoms with E-state index in [1.54, 1.807) is 19.1 Å². The van der Waals surface area contributed by atoms with Crippen LogP contribution in [0.1, 0.15) is 22.6 Å². The number of esters is 1. The molecule has 6 heteroatoms. The second kappa shape index (κ2) is 9.59. The Labute approximate surface area is 179 Å². The van der Waals surface area contributed by atoms with E-state index in [4.69, 9.17) is 27.9 Å². The normalized spacial score (nSPS) is 10.6. The van der Waals surface area contributed by atoms with Crippen LogP contribution in [0.2, 0.25) is 10.0 Å². The molecule has 0 fully saturated rings. The molecule has 1 N–H and O–H groups in total. The van der Waals surface area contributed by atoms with Crippen molar-refractivity contribution in [2.45, 2.75) is 12.8 Å². The standard InChI is InChI=1S/C23H19Cl2NO3/c1-15-12-13-18(24)22(21(15)25)26-19(27)14-29-23(28)20(16-8-4-2-5-9-16)17-10-6-3-7-11-17/h2-13,20H,14H2,1H3,(H,26,27). The topological polar surface area (TPSA) is 55.4 Å². The van der Waals surface area contributed by atoms with Gasteiger partial charge in [-0.3, -0.25) is 9.59 Å². The largest absolute Gasteiger partial charge is 0.455 e. The lowest BCUT2D eigenvalue weighted by molar-refractivity contribution is -0.147. The molecule has 0 heterocycles. The molecule has 3 aromatic rings. The van der Waals surface area contributed by atoms with Crippen molar-refractivity contribution in [1.82, 2.24) is 0 Å². The second-order valence-electron chi connectivity index (χ2n) is 6.46. The van der Waals surface area contributed by atoms with Crippen LogP contribution in [0.25, 0.3) is 0 Å². The predicted molar refractivity (Wildman–Crippen MR) is 116 cm³/mol. The lowest BCUT2D eigenvalue weighted by Gasteiger charge is -2.17. The first-order valence-corrected chi connectivity index (χ1v) is 9.74. The molecular weight excluding hydrogens is 409 g/mol. The van der Waals surface area contributed by atoms with Gasteiger partial charge in [-0.15, -0.1) is 0 Å². The number of anilines is 1. The van der Waals surface area contributed by atoms with E-state index in [1.807, 2.05) is 60.7 Å². The van der Waals surface area contributed by atoms with Crippen LogP contribution in [0.3, 0.4) is 0 Å². The molecular formula is C23H19Cl2NO3. The summed E-state index contributed by atoms with van der Waals surface area (Å²) in [6.07, 6.45) is 0. The van der Waals surface area contributed by atoms with Crippen LogP contribution in [0.15, 0.2) is 72.8 Å². The van der Waals surface area contributed by atoms with Crippen molar-refractivity contribution in [3.8, 4) is 0 Å². The number of nitrogens with one attached hydrogen (secondary N) is 1. The highest BCUT2D eigenvalue weighted by molar-refractivity contribution is 6.40. The minimum absolute atomic E-state index is 0.303. The summed E-state index contributed by atoms with van der Waals surface area (Å²) < 4.78 is 5.32. The van der Waals surface area contributed by atoms with Gasteiger partial charge in [0.2, 0.25) is 0 Å². The van der Waals surface area contributed by atoms with Crippen molar-refractivity contribution in [2.75, 3.05) is 11.9 Å². The minimum Gasteiger partial charge on any atom is -0.455 e. The average Bonchev–Trinajstić information content (AvgIpc) is 2.74. The Morgan fingerprint density at radius 2 is 1.45 bits per heavy atom. The van der Waals surface area contributed by atoms with Gasteiger partial charge in [0.1, 0.15) is 5.92 Å². The first-order chi connectivity index (χ1) is 14.0. The molecule has 0 aliphatic rings. The quantitative estimate of drug-likeness (QED) is 0.519. The fourth-order valence-corrected chi connectivity index (χ4v) is 3.39. The van der Waals surface area contributed by atoms with Crippen molar-refractivity contribution >= 4 is 40.8 Å². The van der Waals surface area contributed by atoms with Gasteiger partial charge in [0.05, 0.1) is 15.7 Å². The highest BCUT2D eigenvalue weighted by atomic mass is 35.5. The lowest BCUT2D eigenvalue weighted by Crippen LogP contribution is -2.24. The van der Waals surface area contributed by atoms with Crippen molar-refractivity contribution < 1.29 is 14.3 Å². The van der Waals surface area contributed by atoms with Crippen molar-refractivity contribution in [3.05, 3.63) is 99.5 Å². The zero-order valence-corrected chi connectivity index (χ0v) is 17.2. The number of hydrogen-bond acceptors (Lipinski definition) is 3. The number of hydrogen-bond donors (Lipinski definition) is 1. The van der Waals surface area contributed by atoms with Crippen LogP contribution < -0.4 is 5.32 Å². The lowest BCUT2D eigenvalue weighted by atomic mass is 9.91. The van der Waals surface area contributed by atoms with Crippen LogP contribution in [0.5, 0.6) is 0 Å². The molecule has 0 atom stereocenters. The fourth-order valence-electron chi connectivity index (χ4n) is 2.92. The molecule has 0 bridgehead atoms. The maximum absolute atomic E-state index is 12.8. The summed E-state index contributed by atoms with van der Waals surface area (Å²) in [4.78, 5) is 25.2. The Kier molecular flexibility index (Phi) is 6.91. The molecule has 0 spiro atoms. The Hall–Kier alpha value is -2.82. The Morgan fingerprint density at radius 1 is 0.897 bits per heavy atom. The number of ether oxygens (including phenoxy) is 1. The summed E-state index contributed by atoms with van der Waals surface area (Å²) >= 11 is 12.3. The van der Waals surface area contributed by atoms with Gasteiger partial charge in [0.15, 0.2) is 6.61 Å². The van der Waals surface area contributed by atoms with Crippen molar-refractivity contribution in [2.24, 2.45) is 0 Å². The predicted octanol–water partition coefficient (Wildman–Crippen LogP) is 5.62. The third-order valence-electron chi connectivity index (χ3n) is 4.40. The van der Waals surface area contributed by atoms with Crippen molar-refractivity contribution in [1.29, 1.82) is 0 Å². The number of carbonyl (C=O) groups excluding carboxylic acids is 2. The van der Waals surface area contributed by atoms with Crippen molar-refractivity contribution in [3.63, 3.8) is 0 Å². The monoisotopic (exact) mass is 427 g/mol. The van der Waals surface area contributed by atoms with Gasteiger partial charge >= 0.3 is 5.97 Å². The van der Waals surface area contributed by atoms with Gasteiger partial charge in [0.25, 0.3) is 5.91 Å². The van der Waals surface area contributed by atoms with Gasteiger partial charge in [-0.05, 0) is 29.7 Å². The number of aryl methyl sites for hydroxylation is 1. The molecule has 1 amide bonds. The van der Waals surface area contributed by atoms with E-state index in [9.17, 15) is 9.59 Å². The molecule has 0 saturated heterocycles. The highest BCUT2D eigenvalue weighted by Crippen LogP contribution is 2.33. The zero-order valence-electron chi connectivity index (χ0n) is 15.7. The Morgan fingerprint density at radius 3 is 2.00 bits per heavy atom. The summed E-state index contributed by atoms with van der Waals surface area (Å²) in [5.74, 6) is -1.66. The third-order valence-corrected chi connectivity index (χ3v) is 5.20. The van der Waals surface area contributed by atoms with Gasteiger partial charge in [-0.2, -0.15) is 0 Å². The Balaban J connectivity index is 1.72. The molecule has 3 rings (SSSR count). The van der Waals surface area contributed by atoms with Crippen LogP contribution in [-0.2, 0) is 14.3 Å². The van der Waals surface area contributed by atoms with Crippen LogP contribution in [0, 0.1) is 6.92 Å². The van der Waals surface area contributed by atoms with Gasteiger partial charge in [-0.1, -0.05) is 89.9 Å². The van der Waals surface area contributed by atoms with Gasteiger partial charge < -0.3 is 10.1 Å².